The van der Waals surface area contributed by atoms with Gasteiger partial charge in [-0.2, -0.15) is 0 Å². The molecule has 6 nitrogen and oxygen atoms in total. The van der Waals surface area contributed by atoms with Crippen LogP contribution in [0.4, 0.5) is 0 Å². The van der Waals surface area contributed by atoms with Gasteiger partial charge < -0.3 is 24.4 Å². The number of esters is 1. The van der Waals surface area contributed by atoms with Crippen LogP contribution in [0.2, 0.25) is 0 Å². The number of ether oxygens (including phenoxy) is 3. The first kappa shape index (κ1) is 15.4. The zero-order valence-electron chi connectivity index (χ0n) is 11.2. The summed E-state index contributed by atoms with van der Waals surface area (Å²) in [5.74, 6) is -0.531. The summed E-state index contributed by atoms with van der Waals surface area (Å²) in [5, 5.41) is 21.6. The Kier molecular flexibility index (Phi) is 5.50. The van der Waals surface area contributed by atoms with Gasteiger partial charge in [-0.05, 0) is 23.9 Å². The van der Waals surface area contributed by atoms with E-state index in [1.165, 1.54) is 11.3 Å². The highest BCUT2D eigenvalue weighted by atomic mass is 32.1. The normalized spacial score (nSPS) is 18.9. The predicted octanol–water partition coefficient (Wildman–Crippen LogP) is 1.14. The third-order valence-electron chi connectivity index (χ3n) is 2.88. The van der Waals surface area contributed by atoms with E-state index in [9.17, 15) is 15.0 Å². The van der Waals surface area contributed by atoms with E-state index in [1.54, 1.807) is 18.4 Å². The minimum Gasteiger partial charge on any atom is -0.466 e. The molecule has 2 atom stereocenters. The lowest BCUT2D eigenvalue weighted by atomic mass is 10.0. The second-order valence-electron chi connectivity index (χ2n) is 4.38. The van der Waals surface area contributed by atoms with Gasteiger partial charge in [0, 0.05) is 0 Å². The van der Waals surface area contributed by atoms with Crippen LogP contribution in [0.5, 0.6) is 0 Å². The number of rotatable bonds is 6. The van der Waals surface area contributed by atoms with Gasteiger partial charge in [-0.3, -0.25) is 4.79 Å². The molecule has 1 aromatic heterocycles. The smallest absolute Gasteiger partial charge is 0.308 e. The van der Waals surface area contributed by atoms with Gasteiger partial charge in [-0.1, -0.05) is 0 Å². The van der Waals surface area contributed by atoms with Gasteiger partial charge in [0.05, 0.1) is 37.2 Å². The molecule has 2 rings (SSSR count). The number of aliphatic hydroxyl groups is 2. The Morgan fingerprint density at radius 2 is 2.20 bits per heavy atom. The minimum absolute atomic E-state index is 0.239. The molecule has 0 aromatic carbocycles. The number of hydrogen-bond donors (Lipinski definition) is 2. The molecule has 0 radical (unpaired) electrons. The quantitative estimate of drug-likeness (QED) is 0.767. The predicted molar refractivity (Wildman–Crippen MR) is 71.2 cm³/mol. The summed E-state index contributed by atoms with van der Waals surface area (Å²) in [6, 6.07) is 1.72. The maximum Gasteiger partial charge on any atom is 0.308 e. The van der Waals surface area contributed by atoms with E-state index < -0.39 is 24.5 Å². The summed E-state index contributed by atoms with van der Waals surface area (Å²) in [7, 11) is 0. The van der Waals surface area contributed by atoms with Crippen molar-refractivity contribution in [3.63, 3.8) is 0 Å². The Morgan fingerprint density at radius 1 is 1.50 bits per heavy atom. The summed E-state index contributed by atoms with van der Waals surface area (Å²) in [4.78, 5) is 12.1. The molecule has 0 aliphatic carbocycles. The van der Waals surface area contributed by atoms with Crippen molar-refractivity contribution in [1.29, 1.82) is 0 Å². The van der Waals surface area contributed by atoms with Crippen molar-refractivity contribution in [3.8, 4) is 0 Å². The molecule has 112 valence electrons. The first-order valence-electron chi connectivity index (χ1n) is 6.45. The fourth-order valence-corrected chi connectivity index (χ4v) is 2.83. The first-order chi connectivity index (χ1) is 9.61. The molecule has 1 aromatic rings. The summed E-state index contributed by atoms with van der Waals surface area (Å²) in [5.41, 5.74) is 0.542. The van der Waals surface area contributed by atoms with Crippen LogP contribution in [0.3, 0.4) is 0 Å². The standard InChI is InChI=1S/C13H18O6S/c1-2-17-11(15)6-9(14)12(16)8-5-10(20-7-8)13-18-3-4-19-13/h5,7,9,12-14,16H,2-4,6H2,1H3. The number of carbonyl (C=O) groups is 1. The van der Waals surface area contributed by atoms with E-state index in [2.05, 4.69) is 0 Å². The second kappa shape index (κ2) is 7.14. The lowest BCUT2D eigenvalue weighted by Crippen LogP contribution is -2.22. The lowest BCUT2D eigenvalue weighted by molar-refractivity contribution is -0.147. The van der Waals surface area contributed by atoms with Gasteiger partial charge in [-0.25, -0.2) is 0 Å². The molecular formula is C13H18O6S. The molecule has 1 saturated heterocycles. The summed E-state index contributed by atoms with van der Waals surface area (Å²) < 4.78 is 15.5. The van der Waals surface area contributed by atoms with Crippen LogP contribution in [0, 0.1) is 0 Å². The Bertz CT molecular complexity index is 440. The van der Waals surface area contributed by atoms with E-state index in [4.69, 9.17) is 14.2 Å². The number of hydrogen-bond acceptors (Lipinski definition) is 7. The van der Waals surface area contributed by atoms with Crippen LogP contribution in [-0.2, 0) is 19.0 Å². The Morgan fingerprint density at radius 3 is 2.85 bits per heavy atom. The van der Waals surface area contributed by atoms with Gasteiger partial charge in [0.2, 0.25) is 0 Å². The topological polar surface area (TPSA) is 85.2 Å². The molecule has 2 heterocycles. The monoisotopic (exact) mass is 302 g/mol. The molecule has 20 heavy (non-hydrogen) atoms. The van der Waals surface area contributed by atoms with Crippen LogP contribution in [-0.4, -0.2) is 42.1 Å². The molecule has 1 aliphatic heterocycles. The molecule has 1 aliphatic rings. The Balaban J connectivity index is 1.94. The number of aliphatic hydroxyl groups excluding tert-OH is 2. The zero-order chi connectivity index (χ0) is 14.5. The van der Waals surface area contributed by atoms with Gasteiger partial charge in [0.15, 0.2) is 6.29 Å². The summed E-state index contributed by atoms with van der Waals surface area (Å²) in [6.07, 6.45) is -2.97. The fourth-order valence-electron chi connectivity index (χ4n) is 1.89. The molecule has 0 amide bonds. The van der Waals surface area contributed by atoms with Crippen LogP contribution in [0.1, 0.15) is 36.2 Å². The molecule has 1 fully saturated rings. The van der Waals surface area contributed by atoms with Crippen LogP contribution < -0.4 is 0 Å². The highest BCUT2D eigenvalue weighted by Crippen LogP contribution is 2.32. The van der Waals surface area contributed by atoms with Crippen LogP contribution in [0.25, 0.3) is 0 Å². The van der Waals surface area contributed by atoms with Crippen molar-refractivity contribution in [3.05, 3.63) is 21.9 Å². The average Bonchev–Trinajstić information content (AvgIpc) is 3.08. The second-order valence-corrected chi connectivity index (χ2v) is 5.32. The first-order valence-corrected chi connectivity index (χ1v) is 7.33. The zero-order valence-corrected chi connectivity index (χ0v) is 12.0. The molecule has 0 spiro atoms. The Hall–Kier alpha value is -0.990. The number of carbonyl (C=O) groups excluding carboxylic acids is 1. The number of thiophene rings is 1. The molecule has 2 N–H and O–H groups in total. The largest absolute Gasteiger partial charge is 0.466 e. The average molecular weight is 302 g/mol. The summed E-state index contributed by atoms with van der Waals surface area (Å²) in [6.45, 7) is 3.03. The maximum atomic E-state index is 11.3. The van der Waals surface area contributed by atoms with Crippen molar-refractivity contribution in [1.82, 2.24) is 0 Å². The minimum atomic E-state index is -1.19. The van der Waals surface area contributed by atoms with Crippen molar-refractivity contribution in [2.75, 3.05) is 19.8 Å². The summed E-state index contributed by atoms with van der Waals surface area (Å²) >= 11 is 1.38. The van der Waals surface area contributed by atoms with E-state index in [-0.39, 0.29) is 13.0 Å². The van der Waals surface area contributed by atoms with Gasteiger partial charge in [-0.15, -0.1) is 11.3 Å². The van der Waals surface area contributed by atoms with E-state index in [1.807, 2.05) is 0 Å². The third kappa shape index (κ3) is 3.77. The van der Waals surface area contributed by atoms with Crippen molar-refractivity contribution in [2.24, 2.45) is 0 Å². The highest BCUT2D eigenvalue weighted by molar-refractivity contribution is 7.10. The van der Waals surface area contributed by atoms with Crippen LogP contribution >= 0.6 is 11.3 Å². The van der Waals surface area contributed by atoms with Crippen LogP contribution in [0.15, 0.2) is 11.4 Å². The van der Waals surface area contributed by atoms with Gasteiger partial charge >= 0.3 is 5.97 Å². The van der Waals surface area contributed by atoms with Gasteiger partial charge in [0.25, 0.3) is 0 Å². The molecule has 0 bridgehead atoms. The maximum absolute atomic E-state index is 11.3. The Labute approximate surface area is 120 Å². The van der Waals surface area contributed by atoms with Crippen molar-refractivity contribution >= 4 is 17.3 Å². The molecule has 7 heteroatoms. The van der Waals surface area contributed by atoms with E-state index in [0.29, 0.717) is 18.8 Å². The SMILES string of the molecule is CCOC(=O)CC(O)C(O)c1csc(C2OCCO2)c1. The lowest BCUT2D eigenvalue weighted by Gasteiger charge is -2.16. The van der Waals surface area contributed by atoms with E-state index >= 15 is 0 Å². The molecule has 0 saturated carbocycles. The highest BCUT2D eigenvalue weighted by Gasteiger charge is 2.26. The fraction of sp³-hybridized carbons (Fsp3) is 0.615. The van der Waals surface area contributed by atoms with Crippen molar-refractivity contribution < 1.29 is 29.2 Å². The third-order valence-corrected chi connectivity index (χ3v) is 3.85. The van der Waals surface area contributed by atoms with Gasteiger partial charge in [0.1, 0.15) is 6.10 Å². The van der Waals surface area contributed by atoms with Crippen molar-refractivity contribution in [2.45, 2.75) is 31.8 Å². The van der Waals surface area contributed by atoms with E-state index in [0.717, 1.165) is 4.88 Å². The molecule has 2 unspecified atom stereocenters. The molecular weight excluding hydrogens is 284 g/mol.